The maximum atomic E-state index is 8.45. The summed E-state index contributed by atoms with van der Waals surface area (Å²) in [6.45, 7) is 3.28. The summed E-state index contributed by atoms with van der Waals surface area (Å²) in [6.07, 6.45) is 0. The van der Waals surface area contributed by atoms with Crippen LogP contribution < -0.4 is 5.73 Å². The van der Waals surface area contributed by atoms with Crippen molar-refractivity contribution in [3.05, 3.63) is 6.54 Å². The second-order valence-corrected chi connectivity index (χ2v) is 0.584. The SMILES string of the molecule is C[CH-]N.[O]=[Co][OH]. The first kappa shape index (κ1) is 9.52. The van der Waals surface area contributed by atoms with Crippen molar-refractivity contribution in [3.8, 4) is 0 Å². The van der Waals surface area contributed by atoms with Gasteiger partial charge in [0, 0.05) is 0 Å². The Labute approximate surface area is 43.0 Å². The molecule has 0 aliphatic carbocycles. The summed E-state index contributed by atoms with van der Waals surface area (Å²) in [6, 6.07) is 0. The average Bonchev–Trinajstić information content (AvgIpc) is 1.39. The molecule has 0 atom stereocenters. The normalized spacial score (nSPS) is 6.50. The minimum absolute atomic E-state index is 0.812. The third kappa shape index (κ3) is 858. The molecule has 0 heterocycles. The van der Waals surface area contributed by atoms with E-state index in [1.54, 1.807) is 6.92 Å². The van der Waals surface area contributed by atoms with Crippen molar-refractivity contribution in [3.63, 3.8) is 0 Å². The van der Waals surface area contributed by atoms with Crippen LogP contribution in [0, 0.1) is 6.54 Å². The zero-order chi connectivity index (χ0) is 5.41. The van der Waals surface area contributed by atoms with Gasteiger partial charge in [-0.3, -0.25) is 6.54 Å². The molecule has 0 radical (unpaired) electrons. The standard InChI is InChI=1S/C2H6N.Co.H2O.O/c1-2-3;;;/h2H,3H2,1H3;;1H2;/q-1;+1;;/p-1. The first-order chi connectivity index (χ1) is 2.83. The van der Waals surface area contributed by atoms with E-state index in [4.69, 9.17) is 13.8 Å². The van der Waals surface area contributed by atoms with E-state index >= 15 is 0 Å². The molecule has 4 heteroatoms. The van der Waals surface area contributed by atoms with E-state index in [9.17, 15) is 0 Å². The molecule has 0 aliphatic rings. The summed E-state index contributed by atoms with van der Waals surface area (Å²) >= 11 is -0.812. The number of hydrogen-bond donors (Lipinski definition) is 2. The molecule has 42 valence electrons. The van der Waals surface area contributed by atoms with Gasteiger partial charge >= 0.3 is 23.0 Å². The van der Waals surface area contributed by atoms with Crippen LogP contribution in [0.5, 0.6) is 0 Å². The second kappa shape index (κ2) is 18.8. The van der Waals surface area contributed by atoms with Crippen molar-refractivity contribution in [2.45, 2.75) is 6.92 Å². The second-order valence-electron chi connectivity index (χ2n) is 0.394. The van der Waals surface area contributed by atoms with Gasteiger partial charge < -0.3 is 5.73 Å². The van der Waals surface area contributed by atoms with Gasteiger partial charge in [-0.2, -0.15) is 6.92 Å². The first-order valence-electron chi connectivity index (χ1n) is 1.20. The van der Waals surface area contributed by atoms with Gasteiger partial charge in [0.25, 0.3) is 0 Å². The van der Waals surface area contributed by atoms with Crippen molar-refractivity contribution >= 4 is 0 Å². The molecule has 0 saturated heterocycles. The molecule has 0 aliphatic heterocycles. The molecule has 6 heavy (non-hydrogen) atoms. The quantitative estimate of drug-likeness (QED) is 0.439. The van der Waals surface area contributed by atoms with Gasteiger partial charge in [-0.05, 0) is 0 Å². The van der Waals surface area contributed by atoms with Crippen LogP contribution in [0.1, 0.15) is 6.92 Å². The molecule has 0 bridgehead atoms. The fourth-order valence-electron chi connectivity index (χ4n) is 0. The Morgan fingerprint density at radius 2 is 2.00 bits per heavy atom. The Hall–Kier alpha value is 0.226. The predicted molar refractivity (Wildman–Crippen MR) is 17.1 cm³/mol. The van der Waals surface area contributed by atoms with Gasteiger partial charge in [0.2, 0.25) is 0 Å². The Kier molecular flexibility index (Phi) is 29.9. The van der Waals surface area contributed by atoms with E-state index in [2.05, 4.69) is 0 Å². The van der Waals surface area contributed by atoms with E-state index < -0.39 is 15.0 Å². The van der Waals surface area contributed by atoms with Crippen LogP contribution in [0.25, 0.3) is 0 Å². The summed E-state index contributed by atoms with van der Waals surface area (Å²) in [5.41, 5.74) is 4.72. The number of rotatable bonds is 0. The molecule has 0 aromatic rings. The molecule has 0 spiro atoms. The molecular formula is C2H7CoNO2-. The zero-order valence-electron chi connectivity index (χ0n) is 3.34. The van der Waals surface area contributed by atoms with Gasteiger partial charge in [-0.25, -0.2) is 0 Å². The Morgan fingerprint density at radius 1 is 2.00 bits per heavy atom. The van der Waals surface area contributed by atoms with Gasteiger partial charge in [-0.15, -0.1) is 0 Å². The Bertz CT molecular complexity index is 25.5. The van der Waals surface area contributed by atoms with Crippen LogP contribution in [0.4, 0.5) is 0 Å². The van der Waals surface area contributed by atoms with E-state index in [0.29, 0.717) is 0 Å². The van der Waals surface area contributed by atoms with Crippen LogP contribution >= 0.6 is 0 Å². The van der Waals surface area contributed by atoms with E-state index in [1.165, 1.54) is 6.54 Å². The molecule has 0 aromatic carbocycles. The Balaban J connectivity index is 0. The fraction of sp³-hybridized carbons (Fsp3) is 0.500. The maximum absolute atomic E-state index is 8.45. The number of hydrogen-bond acceptors (Lipinski definition) is 2. The fourth-order valence-corrected chi connectivity index (χ4v) is 0. The van der Waals surface area contributed by atoms with Crippen molar-refractivity contribution in [2.75, 3.05) is 0 Å². The van der Waals surface area contributed by atoms with Gasteiger partial charge in [0.15, 0.2) is 0 Å². The van der Waals surface area contributed by atoms with Crippen molar-refractivity contribution in [1.29, 1.82) is 0 Å². The zero-order valence-corrected chi connectivity index (χ0v) is 4.38. The van der Waals surface area contributed by atoms with Crippen LogP contribution in [0.15, 0.2) is 0 Å². The first-order valence-corrected chi connectivity index (χ1v) is 2.09. The summed E-state index contributed by atoms with van der Waals surface area (Å²) in [5, 5.41) is 0. The van der Waals surface area contributed by atoms with Crippen LogP contribution in [0.3, 0.4) is 0 Å². The monoisotopic (exact) mass is 136 g/mol. The molecule has 3 N–H and O–H groups in total. The van der Waals surface area contributed by atoms with Crippen LogP contribution in [0.2, 0.25) is 0 Å². The molecule has 0 unspecified atom stereocenters. The van der Waals surface area contributed by atoms with Gasteiger partial charge in [0.1, 0.15) is 0 Å². The summed E-state index contributed by atoms with van der Waals surface area (Å²) in [4.78, 5) is 0. The van der Waals surface area contributed by atoms with E-state index in [-0.39, 0.29) is 0 Å². The average molecular weight is 136 g/mol. The third-order valence-corrected chi connectivity index (χ3v) is 0. The molecule has 0 fully saturated rings. The molecule has 0 amide bonds. The van der Waals surface area contributed by atoms with Crippen molar-refractivity contribution in [2.24, 2.45) is 5.73 Å². The summed E-state index contributed by atoms with van der Waals surface area (Å²) in [7, 11) is 0. The van der Waals surface area contributed by atoms with Crippen LogP contribution in [-0.2, 0) is 18.8 Å². The topological polar surface area (TPSA) is 63.3 Å². The predicted octanol–water partition coefficient (Wildman–Crippen LogP) is -0.552. The molecule has 3 nitrogen and oxygen atoms in total. The van der Waals surface area contributed by atoms with Crippen molar-refractivity contribution < 1.29 is 23.0 Å². The van der Waals surface area contributed by atoms with Crippen LogP contribution in [-0.4, -0.2) is 4.22 Å². The van der Waals surface area contributed by atoms with E-state index in [1.807, 2.05) is 0 Å². The van der Waals surface area contributed by atoms with Crippen molar-refractivity contribution in [1.82, 2.24) is 0 Å². The summed E-state index contributed by atoms with van der Waals surface area (Å²) in [5.74, 6) is 0. The van der Waals surface area contributed by atoms with Gasteiger partial charge in [-0.1, -0.05) is 0 Å². The minimum atomic E-state index is -0.812. The molecule has 0 rings (SSSR count). The molecular weight excluding hydrogens is 129 g/mol. The molecule has 0 aromatic heterocycles. The number of nitrogens with two attached hydrogens (primary N) is 1. The summed E-state index contributed by atoms with van der Waals surface area (Å²) < 4.78 is 15.4. The van der Waals surface area contributed by atoms with E-state index in [0.717, 1.165) is 0 Å². The Morgan fingerprint density at radius 3 is 2.00 bits per heavy atom. The van der Waals surface area contributed by atoms with Gasteiger partial charge in [0.05, 0.1) is 0 Å². The third-order valence-electron chi connectivity index (χ3n) is 0. The molecule has 0 saturated carbocycles.